The summed E-state index contributed by atoms with van der Waals surface area (Å²) in [6.45, 7) is 3.07. The lowest BCUT2D eigenvalue weighted by Gasteiger charge is -2.15. The van der Waals surface area contributed by atoms with E-state index in [-0.39, 0.29) is 17.7 Å². The SMILES string of the molecule is Cc1[nH]nc(S(=O)(=O)NC2CCN(C3CC3)C2)c1CO. The number of nitrogens with one attached hydrogen (secondary N) is 2. The third kappa shape index (κ3) is 2.60. The molecule has 1 aliphatic heterocycles. The third-order valence-electron chi connectivity index (χ3n) is 4.05. The van der Waals surface area contributed by atoms with Gasteiger partial charge in [-0.25, -0.2) is 13.1 Å². The lowest BCUT2D eigenvalue weighted by molar-refractivity contribution is 0.277. The number of sulfonamides is 1. The van der Waals surface area contributed by atoms with Gasteiger partial charge in [0.05, 0.1) is 6.61 Å². The van der Waals surface area contributed by atoms with Gasteiger partial charge < -0.3 is 5.11 Å². The lowest BCUT2D eigenvalue weighted by Crippen LogP contribution is -2.38. The molecule has 0 amide bonds. The van der Waals surface area contributed by atoms with E-state index < -0.39 is 10.0 Å². The maximum absolute atomic E-state index is 12.4. The van der Waals surface area contributed by atoms with E-state index in [1.807, 2.05) is 0 Å². The summed E-state index contributed by atoms with van der Waals surface area (Å²) in [5.74, 6) is 0. The van der Waals surface area contributed by atoms with Gasteiger partial charge in [0, 0.05) is 36.4 Å². The summed E-state index contributed by atoms with van der Waals surface area (Å²) in [5.41, 5.74) is 0.924. The van der Waals surface area contributed by atoms with Gasteiger partial charge in [0.25, 0.3) is 10.0 Å². The molecule has 0 bridgehead atoms. The zero-order chi connectivity index (χ0) is 14.3. The smallest absolute Gasteiger partial charge is 0.260 e. The molecule has 0 spiro atoms. The first-order valence-corrected chi connectivity index (χ1v) is 8.40. The average molecular weight is 300 g/mol. The quantitative estimate of drug-likeness (QED) is 0.695. The van der Waals surface area contributed by atoms with Crippen LogP contribution in [0.1, 0.15) is 30.5 Å². The van der Waals surface area contributed by atoms with E-state index in [1.54, 1.807) is 6.92 Å². The minimum atomic E-state index is -3.67. The van der Waals surface area contributed by atoms with Crippen LogP contribution in [0.5, 0.6) is 0 Å². The molecule has 1 unspecified atom stereocenters. The molecule has 8 heteroatoms. The van der Waals surface area contributed by atoms with Crippen molar-refractivity contribution in [2.24, 2.45) is 0 Å². The normalized spacial score (nSPS) is 24.4. The van der Waals surface area contributed by atoms with Crippen LogP contribution in [0.4, 0.5) is 0 Å². The molecule has 1 aromatic rings. The second-order valence-electron chi connectivity index (χ2n) is 5.62. The third-order valence-corrected chi connectivity index (χ3v) is 5.54. The van der Waals surface area contributed by atoms with Crippen molar-refractivity contribution in [2.45, 2.75) is 49.9 Å². The van der Waals surface area contributed by atoms with Crippen molar-refractivity contribution < 1.29 is 13.5 Å². The predicted molar refractivity (Wildman–Crippen MR) is 72.6 cm³/mol. The van der Waals surface area contributed by atoms with Gasteiger partial charge >= 0.3 is 0 Å². The number of nitrogens with zero attached hydrogens (tertiary/aromatic N) is 2. The Morgan fingerprint density at radius 1 is 1.45 bits per heavy atom. The summed E-state index contributed by atoms with van der Waals surface area (Å²) in [5, 5.41) is 15.6. The van der Waals surface area contributed by atoms with Crippen LogP contribution >= 0.6 is 0 Å². The fourth-order valence-electron chi connectivity index (χ4n) is 2.77. The maximum Gasteiger partial charge on any atom is 0.260 e. The summed E-state index contributed by atoms with van der Waals surface area (Å²) in [6, 6.07) is 0.592. The highest BCUT2D eigenvalue weighted by atomic mass is 32.2. The van der Waals surface area contributed by atoms with Gasteiger partial charge in [-0.05, 0) is 26.2 Å². The van der Waals surface area contributed by atoms with Gasteiger partial charge in [-0.2, -0.15) is 5.10 Å². The Morgan fingerprint density at radius 3 is 2.85 bits per heavy atom. The van der Waals surface area contributed by atoms with Crippen molar-refractivity contribution in [3.8, 4) is 0 Å². The zero-order valence-electron chi connectivity index (χ0n) is 11.5. The molecule has 1 saturated carbocycles. The van der Waals surface area contributed by atoms with Gasteiger partial charge in [-0.15, -0.1) is 0 Å². The Kier molecular flexibility index (Phi) is 3.57. The Labute approximate surface area is 118 Å². The number of H-pyrrole nitrogens is 1. The molecular weight excluding hydrogens is 280 g/mol. The van der Waals surface area contributed by atoms with E-state index in [9.17, 15) is 13.5 Å². The van der Waals surface area contributed by atoms with Crippen LogP contribution in [0, 0.1) is 6.92 Å². The lowest BCUT2D eigenvalue weighted by atomic mass is 10.3. The average Bonchev–Trinajstić information content (AvgIpc) is 3.03. The first-order chi connectivity index (χ1) is 9.51. The summed E-state index contributed by atoms with van der Waals surface area (Å²) in [4.78, 5) is 2.34. The van der Waals surface area contributed by atoms with Crippen LogP contribution in [0.25, 0.3) is 0 Å². The van der Waals surface area contributed by atoms with Gasteiger partial charge in [-0.1, -0.05) is 0 Å². The second-order valence-corrected chi connectivity index (χ2v) is 7.25. The van der Waals surface area contributed by atoms with Crippen molar-refractivity contribution >= 4 is 10.0 Å². The summed E-state index contributed by atoms with van der Waals surface area (Å²) >= 11 is 0. The van der Waals surface area contributed by atoms with E-state index in [0.29, 0.717) is 17.3 Å². The fourth-order valence-corrected chi connectivity index (χ4v) is 4.22. The molecule has 2 aliphatic rings. The van der Waals surface area contributed by atoms with Crippen LogP contribution in [-0.2, 0) is 16.6 Å². The number of aryl methyl sites for hydroxylation is 1. The van der Waals surface area contributed by atoms with Gasteiger partial charge in [-0.3, -0.25) is 10.00 Å². The van der Waals surface area contributed by atoms with E-state index in [0.717, 1.165) is 19.5 Å². The van der Waals surface area contributed by atoms with Crippen LogP contribution in [-0.4, -0.2) is 53.8 Å². The van der Waals surface area contributed by atoms with Crippen LogP contribution in [0.15, 0.2) is 5.03 Å². The Hall–Kier alpha value is -0.960. The first-order valence-electron chi connectivity index (χ1n) is 6.92. The van der Waals surface area contributed by atoms with Crippen molar-refractivity contribution in [3.05, 3.63) is 11.3 Å². The summed E-state index contributed by atoms with van der Waals surface area (Å²) < 4.78 is 27.4. The zero-order valence-corrected chi connectivity index (χ0v) is 12.3. The number of aromatic nitrogens is 2. The molecule has 1 atom stereocenters. The van der Waals surface area contributed by atoms with E-state index in [2.05, 4.69) is 19.8 Å². The van der Waals surface area contributed by atoms with Crippen molar-refractivity contribution in [1.82, 2.24) is 19.8 Å². The maximum atomic E-state index is 12.4. The highest BCUT2D eigenvalue weighted by Gasteiger charge is 2.36. The molecule has 2 heterocycles. The number of aromatic amines is 1. The molecule has 3 rings (SSSR count). The van der Waals surface area contributed by atoms with E-state index in [4.69, 9.17) is 0 Å². The second kappa shape index (κ2) is 5.10. The number of rotatable bonds is 5. The number of hydrogen-bond acceptors (Lipinski definition) is 5. The molecule has 2 fully saturated rings. The topological polar surface area (TPSA) is 98.3 Å². The number of likely N-dealkylation sites (tertiary alicyclic amines) is 1. The standard InChI is InChI=1S/C12H20N4O3S/c1-8-11(7-17)12(14-13-8)20(18,19)15-9-4-5-16(6-9)10-2-3-10/h9-10,15,17H,2-7H2,1H3,(H,13,14). The van der Waals surface area contributed by atoms with Gasteiger partial charge in [0.15, 0.2) is 5.03 Å². The molecule has 1 aromatic heterocycles. The van der Waals surface area contributed by atoms with Crippen molar-refractivity contribution in [3.63, 3.8) is 0 Å². The van der Waals surface area contributed by atoms with E-state index in [1.165, 1.54) is 12.8 Å². The largest absolute Gasteiger partial charge is 0.392 e. The Morgan fingerprint density at radius 2 is 2.20 bits per heavy atom. The molecule has 112 valence electrons. The minimum absolute atomic E-state index is 0.0656. The molecule has 7 nitrogen and oxygen atoms in total. The summed E-state index contributed by atoms with van der Waals surface area (Å²) in [6.07, 6.45) is 3.28. The van der Waals surface area contributed by atoms with Crippen LogP contribution in [0.2, 0.25) is 0 Å². The van der Waals surface area contributed by atoms with Crippen molar-refractivity contribution in [2.75, 3.05) is 13.1 Å². The highest BCUT2D eigenvalue weighted by Crippen LogP contribution is 2.30. The molecule has 0 aromatic carbocycles. The number of hydrogen-bond donors (Lipinski definition) is 3. The molecule has 20 heavy (non-hydrogen) atoms. The highest BCUT2D eigenvalue weighted by molar-refractivity contribution is 7.89. The van der Waals surface area contributed by atoms with Crippen LogP contribution < -0.4 is 4.72 Å². The molecule has 0 radical (unpaired) electrons. The monoisotopic (exact) mass is 300 g/mol. The molecule has 3 N–H and O–H groups in total. The number of aliphatic hydroxyl groups excluding tert-OH is 1. The Bertz CT molecular complexity index is 594. The van der Waals surface area contributed by atoms with E-state index >= 15 is 0 Å². The minimum Gasteiger partial charge on any atom is -0.392 e. The van der Waals surface area contributed by atoms with Gasteiger partial charge in [0.1, 0.15) is 0 Å². The predicted octanol–water partition coefficient (Wildman–Crippen LogP) is -0.275. The summed E-state index contributed by atoms with van der Waals surface area (Å²) in [7, 11) is -3.67. The number of aliphatic hydroxyl groups is 1. The molecule has 1 saturated heterocycles. The molecule has 1 aliphatic carbocycles. The van der Waals surface area contributed by atoms with Crippen LogP contribution in [0.3, 0.4) is 0 Å². The molecular formula is C12H20N4O3S. The first kappa shape index (κ1) is 14.0. The van der Waals surface area contributed by atoms with Crippen molar-refractivity contribution in [1.29, 1.82) is 0 Å². The van der Waals surface area contributed by atoms with Gasteiger partial charge in [0.2, 0.25) is 0 Å². The Balaban J connectivity index is 1.72. The fraction of sp³-hybridized carbons (Fsp3) is 0.750.